The van der Waals surface area contributed by atoms with Gasteiger partial charge in [-0.1, -0.05) is 43.1 Å². The average Bonchev–Trinajstić information content (AvgIpc) is 2.37. The Labute approximate surface area is 140 Å². The first-order chi connectivity index (χ1) is 9.40. The van der Waals surface area contributed by atoms with Crippen molar-refractivity contribution < 1.29 is 4.39 Å². The molecule has 2 nitrogen and oxygen atoms in total. The summed E-state index contributed by atoms with van der Waals surface area (Å²) in [6.45, 7) is 4.06. The molecule has 0 fully saturated rings. The zero-order valence-electron chi connectivity index (χ0n) is 10.9. The van der Waals surface area contributed by atoms with E-state index in [2.05, 4.69) is 32.6 Å². The van der Waals surface area contributed by atoms with Crippen LogP contribution < -0.4 is 0 Å². The van der Waals surface area contributed by atoms with E-state index in [1.807, 2.05) is 13.8 Å². The summed E-state index contributed by atoms with van der Waals surface area (Å²) in [5.41, 5.74) is 1.26. The van der Waals surface area contributed by atoms with E-state index in [4.69, 9.17) is 23.2 Å². The lowest BCUT2D eigenvalue weighted by molar-refractivity contribution is 0.611. The first-order valence-electron chi connectivity index (χ1n) is 6.04. The molecule has 0 aliphatic heterocycles. The van der Waals surface area contributed by atoms with Crippen LogP contribution in [0.2, 0.25) is 10.2 Å². The number of rotatable bonds is 3. The van der Waals surface area contributed by atoms with Crippen molar-refractivity contribution in [2.24, 2.45) is 0 Å². The lowest BCUT2D eigenvalue weighted by atomic mass is 10.1. The van der Waals surface area contributed by atoms with Crippen LogP contribution in [0, 0.1) is 9.39 Å². The van der Waals surface area contributed by atoms with Crippen molar-refractivity contribution in [2.75, 3.05) is 0 Å². The van der Waals surface area contributed by atoms with Gasteiger partial charge in [0, 0.05) is 17.0 Å². The maximum Gasteiger partial charge on any atom is 0.146 e. The van der Waals surface area contributed by atoms with Gasteiger partial charge < -0.3 is 0 Å². The van der Waals surface area contributed by atoms with E-state index in [-0.39, 0.29) is 18.2 Å². The maximum atomic E-state index is 13.8. The molecule has 20 heavy (non-hydrogen) atoms. The summed E-state index contributed by atoms with van der Waals surface area (Å²) < 4.78 is 14.6. The normalized spacial score (nSPS) is 11.2. The topological polar surface area (TPSA) is 25.8 Å². The Bertz CT molecular complexity index is 627. The van der Waals surface area contributed by atoms with Gasteiger partial charge in [0.2, 0.25) is 0 Å². The van der Waals surface area contributed by atoms with Crippen molar-refractivity contribution in [3.05, 3.63) is 54.8 Å². The standard InChI is InChI=1S/C14H12Cl2FIN2/c1-7(2)13-12(18)14(16)20-11(19-13)6-8-9(15)4-3-5-10(8)17/h3-5,7H,6H2,1-2H3. The smallest absolute Gasteiger partial charge is 0.146 e. The highest BCUT2D eigenvalue weighted by Crippen LogP contribution is 2.27. The van der Waals surface area contributed by atoms with Gasteiger partial charge in [0.1, 0.15) is 16.8 Å². The fourth-order valence-electron chi connectivity index (χ4n) is 1.80. The third-order valence-corrected chi connectivity index (χ3v) is 4.84. The molecule has 0 unspecified atom stereocenters. The van der Waals surface area contributed by atoms with Crippen molar-refractivity contribution in [3.8, 4) is 0 Å². The molecule has 6 heteroatoms. The predicted molar refractivity (Wildman–Crippen MR) is 88.1 cm³/mol. The summed E-state index contributed by atoms with van der Waals surface area (Å²) in [5, 5.41) is 0.765. The van der Waals surface area contributed by atoms with Crippen LogP contribution in [0.1, 0.15) is 36.8 Å². The molecule has 0 radical (unpaired) electrons. The van der Waals surface area contributed by atoms with Crippen molar-refractivity contribution >= 4 is 45.8 Å². The second-order valence-electron chi connectivity index (χ2n) is 4.66. The molecule has 106 valence electrons. The van der Waals surface area contributed by atoms with Crippen LogP contribution >= 0.6 is 45.8 Å². The number of nitrogens with zero attached hydrogens (tertiary/aromatic N) is 2. The second kappa shape index (κ2) is 6.54. The number of aromatic nitrogens is 2. The fraction of sp³-hybridized carbons (Fsp3) is 0.286. The summed E-state index contributed by atoms with van der Waals surface area (Å²) in [7, 11) is 0. The minimum Gasteiger partial charge on any atom is -0.236 e. The van der Waals surface area contributed by atoms with Crippen molar-refractivity contribution in [2.45, 2.75) is 26.2 Å². The zero-order valence-corrected chi connectivity index (χ0v) is 14.6. The van der Waals surface area contributed by atoms with Crippen LogP contribution in [-0.2, 0) is 6.42 Å². The van der Waals surface area contributed by atoms with Gasteiger partial charge in [0.05, 0.1) is 9.26 Å². The first-order valence-corrected chi connectivity index (χ1v) is 7.88. The summed E-state index contributed by atoms with van der Waals surface area (Å²) >= 11 is 14.3. The van der Waals surface area contributed by atoms with Crippen molar-refractivity contribution in [3.63, 3.8) is 0 Å². The Balaban J connectivity index is 2.44. The van der Waals surface area contributed by atoms with E-state index in [1.165, 1.54) is 6.07 Å². The van der Waals surface area contributed by atoms with E-state index < -0.39 is 0 Å². The molecule has 0 spiro atoms. The Morgan fingerprint density at radius 3 is 2.55 bits per heavy atom. The molecule has 0 saturated carbocycles. The molecule has 0 N–H and O–H groups in total. The highest BCUT2D eigenvalue weighted by Gasteiger charge is 2.16. The van der Waals surface area contributed by atoms with E-state index in [0.29, 0.717) is 21.6 Å². The monoisotopic (exact) mass is 424 g/mol. The summed E-state index contributed by atoms with van der Waals surface area (Å²) in [4.78, 5) is 8.70. The minimum atomic E-state index is -0.359. The number of benzene rings is 1. The molecule has 2 rings (SSSR count). The molecule has 0 saturated heterocycles. The van der Waals surface area contributed by atoms with Gasteiger partial charge in [-0.15, -0.1) is 0 Å². The molecule has 0 atom stereocenters. The third-order valence-electron chi connectivity index (χ3n) is 2.83. The van der Waals surface area contributed by atoms with Gasteiger partial charge in [0.25, 0.3) is 0 Å². The Hall–Kier alpha value is -0.460. The summed E-state index contributed by atoms with van der Waals surface area (Å²) in [6, 6.07) is 4.60. The quantitative estimate of drug-likeness (QED) is 0.497. The Kier molecular flexibility index (Phi) is 5.20. The zero-order chi connectivity index (χ0) is 14.9. The van der Waals surface area contributed by atoms with E-state index >= 15 is 0 Å². The fourth-order valence-corrected chi connectivity index (χ4v) is 3.09. The highest BCUT2D eigenvalue weighted by atomic mass is 127. The van der Waals surface area contributed by atoms with Crippen LogP contribution in [-0.4, -0.2) is 9.97 Å². The lowest BCUT2D eigenvalue weighted by Gasteiger charge is -2.11. The second-order valence-corrected chi connectivity index (χ2v) is 6.51. The van der Waals surface area contributed by atoms with Gasteiger partial charge in [-0.25, -0.2) is 14.4 Å². The predicted octanol–water partition coefficient (Wildman–Crippen LogP) is 5.24. The van der Waals surface area contributed by atoms with Gasteiger partial charge in [-0.3, -0.25) is 0 Å². The van der Waals surface area contributed by atoms with Crippen molar-refractivity contribution in [1.29, 1.82) is 0 Å². The minimum absolute atomic E-state index is 0.220. The Morgan fingerprint density at radius 2 is 1.95 bits per heavy atom. The van der Waals surface area contributed by atoms with Crippen LogP contribution in [0.15, 0.2) is 18.2 Å². The van der Waals surface area contributed by atoms with Crippen LogP contribution in [0.4, 0.5) is 4.39 Å². The number of hydrogen-bond acceptors (Lipinski definition) is 2. The van der Waals surface area contributed by atoms with Crippen LogP contribution in [0.3, 0.4) is 0 Å². The highest BCUT2D eigenvalue weighted by molar-refractivity contribution is 14.1. The summed E-state index contributed by atoms with van der Waals surface area (Å²) in [5.74, 6) is 0.338. The molecule has 1 heterocycles. The maximum absolute atomic E-state index is 13.8. The van der Waals surface area contributed by atoms with Gasteiger partial charge in [0.15, 0.2) is 0 Å². The number of halogens is 4. The van der Waals surface area contributed by atoms with E-state index in [9.17, 15) is 4.39 Å². The molecule has 0 bridgehead atoms. The largest absolute Gasteiger partial charge is 0.236 e. The first kappa shape index (κ1) is 15.9. The molecule has 1 aromatic carbocycles. The van der Waals surface area contributed by atoms with E-state index in [0.717, 1.165) is 9.26 Å². The van der Waals surface area contributed by atoms with Gasteiger partial charge in [-0.05, 0) is 40.6 Å². The number of hydrogen-bond donors (Lipinski definition) is 0. The average molecular weight is 425 g/mol. The Morgan fingerprint density at radius 1 is 1.25 bits per heavy atom. The molecule has 0 amide bonds. The van der Waals surface area contributed by atoms with Gasteiger partial charge >= 0.3 is 0 Å². The van der Waals surface area contributed by atoms with Gasteiger partial charge in [-0.2, -0.15) is 0 Å². The van der Waals surface area contributed by atoms with E-state index in [1.54, 1.807) is 12.1 Å². The third kappa shape index (κ3) is 3.40. The summed E-state index contributed by atoms with van der Waals surface area (Å²) in [6.07, 6.45) is 0.224. The molecular formula is C14H12Cl2FIN2. The molecule has 0 aliphatic rings. The van der Waals surface area contributed by atoms with Crippen molar-refractivity contribution in [1.82, 2.24) is 9.97 Å². The molecule has 0 aliphatic carbocycles. The molecular weight excluding hydrogens is 413 g/mol. The van der Waals surface area contributed by atoms with Crippen LogP contribution in [0.5, 0.6) is 0 Å². The molecule has 2 aromatic rings. The van der Waals surface area contributed by atoms with Crippen LogP contribution in [0.25, 0.3) is 0 Å². The lowest BCUT2D eigenvalue weighted by Crippen LogP contribution is -2.07. The molecule has 1 aromatic heterocycles. The SMILES string of the molecule is CC(C)c1nc(Cc2c(F)cccc2Cl)nc(Cl)c1I.